The van der Waals surface area contributed by atoms with E-state index in [1.807, 2.05) is 43.0 Å². The Labute approximate surface area is 101 Å². The van der Waals surface area contributed by atoms with Crippen LogP contribution in [0.2, 0.25) is 0 Å². The summed E-state index contributed by atoms with van der Waals surface area (Å²) in [6.45, 7) is 4.67. The third-order valence-corrected chi connectivity index (χ3v) is 2.84. The predicted octanol–water partition coefficient (Wildman–Crippen LogP) is 1.54. The maximum Gasteiger partial charge on any atom is 0.229 e. The number of carbonyl (C=O) groups is 1. The Hall–Kier alpha value is -1.55. The molecule has 1 aliphatic heterocycles. The van der Waals surface area contributed by atoms with Crippen molar-refractivity contribution in [1.29, 1.82) is 0 Å². The second kappa shape index (κ2) is 4.37. The molecule has 0 saturated heterocycles. The van der Waals surface area contributed by atoms with Crippen molar-refractivity contribution in [3.63, 3.8) is 0 Å². The molecule has 4 nitrogen and oxygen atoms in total. The molecule has 1 aliphatic rings. The van der Waals surface area contributed by atoms with Gasteiger partial charge in [-0.25, -0.2) is 0 Å². The molecule has 1 aromatic carbocycles. The minimum atomic E-state index is -0.519. The minimum absolute atomic E-state index is 0.245. The lowest BCUT2D eigenvalue weighted by Gasteiger charge is -2.26. The number of rotatable bonds is 4. The highest BCUT2D eigenvalue weighted by Crippen LogP contribution is 2.36. The first-order valence-electron chi connectivity index (χ1n) is 5.78. The van der Waals surface area contributed by atoms with Gasteiger partial charge in [0.1, 0.15) is 5.75 Å². The predicted molar refractivity (Wildman–Crippen MR) is 67.2 cm³/mol. The van der Waals surface area contributed by atoms with Crippen LogP contribution < -0.4 is 15.4 Å². The summed E-state index contributed by atoms with van der Waals surface area (Å²) < 4.78 is 5.55. The fourth-order valence-electron chi connectivity index (χ4n) is 1.88. The van der Waals surface area contributed by atoms with E-state index in [0.717, 1.165) is 24.1 Å². The van der Waals surface area contributed by atoms with Gasteiger partial charge in [-0.3, -0.25) is 4.79 Å². The van der Waals surface area contributed by atoms with Crippen LogP contribution in [-0.2, 0) is 4.79 Å². The topological polar surface area (TPSA) is 55.6 Å². The molecule has 17 heavy (non-hydrogen) atoms. The van der Waals surface area contributed by atoms with Crippen molar-refractivity contribution in [2.75, 3.05) is 11.4 Å². The summed E-state index contributed by atoms with van der Waals surface area (Å²) >= 11 is 0. The lowest BCUT2D eigenvalue weighted by molar-refractivity contribution is -0.113. The van der Waals surface area contributed by atoms with Crippen LogP contribution in [0.4, 0.5) is 5.69 Å². The van der Waals surface area contributed by atoms with Crippen LogP contribution in [0.15, 0.2) is 24.3 Å². The van der Waals surface area contributed by atoms with Gasteiger partial charge in [-0.05, 0) is 32.4 Å². The number of para-hydroxylation sites is 2. The Balaban J connectivity index is 2.16. The van der Waals surface area contributed by atoms with Gasteiger partial charge in [-0.1, -0.05) is 12.1 Å². The summed E-state index contributed by atoms with van der Waals surface area (Å²) in [5.41, 5.74) is 6.69. The van der Waals surface area contributed by atoms with Crippen molar-refractivity contribution in [3.05, 3.63) is 24.3 Å². The third-order valence-electron chi connectivity index (χ3n) is 2.84. The van der Waals surface area contributed by atoms with Crippen LogP contribution in [0.1, 0.15) is 20.3 Å². The molecule has 2 rings (SSSR count). The second-order valence-corrected chi connectivity index (χ2v) is 5.04. The summed E-state index contributed by atoms with van der Waals surface area (Å²) in [4.78, 5) is 13.0. The van der Waals surface area contributed by atoms with Crippen molar-refractivity contribution in [3.8, 4) is 5.75 Å². The van der Waals surface area contributed by atoms with E-state index in [0.29, 0.717) is 6.54 Å². The number of ether oxygens (including phenoxy) is 1. The van der Waals surface area contributed by atoms with E-state index >= 15 is 0 Å². The van der Waals surface area contributed by atoms with Gasteiger partial charge in [0.15, 0.2) is 6.29 Å². The van der Waals surface area contributed by atoms with Crippen molar-refractivity contribution >= 4 is 12.0 Å². The van der Waals surface area contributed by atoms with Crippen LogP contribution in [0, 0.1) is 0 Å². The smallest absolute Gasteiger partial charge is 0.229 e. The van der Waals surface area contributed by atoms with Crippen molar-refractivity contribution in [2.45, 2.75) is 32.0 Å². The van der Waals surface area contributed by atoms with E-state index in [4.69, 9.17) is 10.5 Å². The Morgan fingerprint density at radius 3 is 2.82 bits per heavy atom. The lowest BCUT2D eigenvalue weighted by atomic mass is 10.0. The number of fused-ring (bicyclic) bond motifs is 1. The molecule has 1 aromatic rings. The van der Waals surface area contributed by atoms with Gasteiger partial charge in [0.05, 0.1) is 5.69 Å². The number of hydrogen-bond donors (Lipinski definition) is 1. The zero-order valence-electron chi connectivity index (χ0n) is 10.2. The highest BCUT2D eigenvalue weighted by Gasteiger charge is 2.30. The van der Waals surface area contributed by atoms with Crippen LogP contribution in [0.25, 0.3) is 0 Å². The van der Waals surface area contributed by atoms with Crippen molar-refractivity contribution < 1.29 is 9.53 Å². The van der Waals surface area contributed by atoms with Crippen LogP contribution in [-0.4, -0.2) is 24.6 Å². The molecule has 0 fully saturated rings. The number of aldehydes is 1. The van der Waals surface area contributed by atoms with Crippen LogP contribution in [0.5, 0.6) is 5.75 Å². The fraction of sp³-hybridized carbons (Fsp3) is 0.462. The van der Waals surface area contributed by atoms with Crippen LogP contribution in [0.3, 0.4) is 0 Å². The number of hydrogen-bond acceptors (Lipinski definition) is 4. The van der Waals surface area contributed by atoms with Crippen LogP contribution >= 0.6 is 0 Å². The third kappa shape index (κ3) is 2.58. The van der Waals surface area contributed by atoms with Crippen molar-refractivity contribution in [2.24, 2.45) is 5.73 Å². The van der Waals surface area contributed by atoms with E-state index in [9.17, 15) is 4.79 Å². The Kier molecular flexibility index (Phi) is 3.07. The van der Waals surface area contributed by atoms with E-state index < -0.39 is 6.23 Å². The molecule has 0 bridgehead atoms. The summed E-state index contributed by atoms with van der Waals surface area (Å²) in [6.07, 6.45) is 1.10. The second-order valence-electron chi connectivity index (χ2n) is 5.04. The molecule has 1 heterocycles. The molecule has 0 aliphatic carbocycles. The quantitative estimate of drug-likeness (QED) is 0.803. The Bertz CT molecular complexity index is 412. The molecule has 0 amide bonds. The first kappa shape index (κ1) is 11.9. The van der Waals surface area contributed by atoms with Gasteiger partial charge in [0, 0.05) is 12.1 Å². The standard InChI is InChI=1S/C13H18N2O2/c1-13(2,14)7-8-15-10-5-3-4-6-11(10)17-12(15)9-16/h3-6,9,12H,7-8,14H2,1-2H3. The largest absolute Gasteiger partial charge is 0.461 e. The number of anilines is 1. The molecule has 2 N–H and O–H groups in total. The first-order chi connectivity index (χ1) is 8.01. The number of benzene rings is 1. The molecule has 0 spiro atoms. The summed E-state index contributed by atoms with van der Waals surface area (Å²) in [7, 11) is 0. The summed E-state index contributed by atoms with van der Waals surface area (Å²) in [5, 5.41) is 0. The molecule has 0 saturated carbocycles. The minimum Gasteiger partial charge on any atom is -0.461 e. The highest BCUT2D eigenvalue weighted by atomic mass is 16.5. The number of nitrogens with zero attached hydrogens (tertiary/aromatic N) is 1. The van der Waals surface area contributed by atoms with Gasteiger partial charge in [0.2, 0.25) is 6.23 Å². The van der Waals surface area contributed by atoms with E-state index in [1.165, 1.54) is 0 Å². The zero-order valence-corrected chi connectivity index (χ0v) is 10.2. The Morgan fingerprint density at radius 1 is 1.47 bits per heavy atom. The molecule has 92 valence electrons. The summed E-state index contributed by atoms with van der Waals surface area (Å²) in [6, 6.07) is 7.68. The maximum atomic E-state index is 11.0. The van der Waals surface area contributed by atoms with E-state index in [-0.39, 0.29) is 5.54 Å². The molecule has 1 atom stereocenters. The zero-order chi connectivity index (χ0) is 12.5. The van der Waals surface area contributed by atoms with Gasteiger partial charge in [0.25, 0.3) is 0 Å². The van der Waals surface area contributed by atoms with Gasteiger partial charge >= 0.3 is 0 Å². The normalized spacial score (nSPS) is 18.8. The molecule has 1 unspecified atom stereocenters. The highest BCUT2D eigenvalue weighted by molar-refractivity contribution is 5.72. The van der Waals surface area contributed by atoms with Crippen molar-refractivity contribution in [1.82, 2.24) is 0 Å². The molecule has 0 aromatic heterocycles. The SMILES string of the molecule is CC(C)(N)CCN1c2ccccc2OC1C=O. The lowest BCUT2D eigenvalue weighted by Crippen LogP contribution is -2.42. The number of nitrogens with two attached hydrogens (primary N) is 1. The molecule has 0 radical (unpaired) electrons. The fourth-order valence-corrected chi connectivity index (χ4v) is 1.88. The first-order valence-corrected chi connectivity index (χ1v) is 5.78. The molecular formula is C13H18N2O2. The average Bonchev–Trinajstić information content (AvgIpc) is 2.63. The monoisotopic (exact) mass is 234 g/mol. The molecular weight excluding hydrogens is 216 g/mol. The average molecular weight is 234 g/mol. The van der Waals surface area contributed by atoms with Gasteiger partial charge < -0.3 is 15.4 Å². The molecule has 4 heteroatoms. The maximum absolute atomic E-state index is 11.0. The Morgan fingerprint density at radius 2 is 2.18 bits per heavy atom. The van der Waals surface area contributed by atoms with E-state index in [2.05, 4.69) is 0 Å². The van der Waals surface area contributed by atoms with Gasteiger partial charge in [-0.2, -0.15) is 0 Å². The van der Waals surface area contributed by atoms with E-state index in [1.54, 1.807) is 0 Å². The van der Waals surface area contributed by atoms with Gasteiger partial charge in [-0.15, -0.1) is 0 Å². The number of carbonyl (C=O) groups excluding carboxylic acids is 1. The summed E-state index contributed by atoms with van der Waals surface area (Å²) in [5.74, 6) is 0.763.